The molecule has 1 fully saturated rings. The zero-order valence-corrected chi connectivity index (χ0v) is 17.0. The maximum atomic E-state index is 12.4. The third-order valence-corrected chi connectivity index (χ3v) is 5.97. The average molecular weight is 447 g/mol. The van der Waals surface area contributed by atoms with Crippen molar-refractivity contribution in [3.05, 3.63) is 55.7 Å². The first-order chi connectivity index (χ1) is 12.9. The molecule has 1 aliphatic rings. The second-order valence-corrected chi connectivity index (χ2v) is 7.67. The summed E-state index contributed by atoms with van der Waals surface area (Å²) in [5.41, 5.74) is 0.852. The van der Waals surface area contributed by atoms with E-state index in [0.29, 0.717) is 11.3 Å². The Kier molecular flexibility index (Phi) is 6.48. The van der Waals surface area contributed by atoms with Crippen LogP contribution in [0.5, 0.6) is 0 Å². The van der Waals surface area contributed by atoms with Crippen LogP contribution in [-0.2, 0) is 0 Å². The van der Waals surface area contributed by atoms with Crippen molar-refractivity contribution >= 4 is 63.9 Å². The van der Waals surface area contributed by atoms with E-state index >= 15 is 0 Å². The van der Waals surface area contributed by atoms with Gasteiger partial charge in [0, 0.05) is 17.3 Å². The van der Waals surface area contributed by atoms with Gasteiger partial charge in [0.15, 0.2) is 0 Å². The standard InChI is InChI=1S/C18H15Cl4N3O2/c19-12-13(20)15(25-16(22)14(12)21)18(27)24-11-7-5-9(6-8-11)17(26)23-10-3-1-2-4-10/h5-8,10H,1-4H2,(H,23,26)(H,24,27). The molecule has 5 nitrogen and oxygen atoms in total. The number of rotatable bonds is 4. The van der Waals surface area contributed by atoms with E-state index in [9.17, 15) is 9.59 Å². The van der Waals surface area contributed by atoms with E-state index in [1.54, 1.807) is 24.3 Å². The number of anilines is 1. The Labute approximate surface area is 176 Å². The van der Waals surface area contributed by atoms with Crippen molar-refractivity contribution < 1.29 is 9.59 Å². The van der Waals surface area contributed by atoms with Gasteiger partial charge < -0.3 is 10.6 Å². The van der Waals surface area contributed by atoms with Crippen molar-refractivity contribution in [3.8, 4) is 0 Å². The number of halogens is 4. The van der Waals surface area contributed by atoms with Crippen molar-refractivity contribution in [2.75, 3.05) is 5.32 Å². The Bertz CT molecular complexity index is 881. The van der Waals surface area contributed by atoms with Crippen LogP contribution in [0.25, 0.3) is 0 Å². The maximum absolute atomic E-state index is 12.4. The van der Waals surface area contributed by atoms with E-state index in [-0.39, 0.29) is 37.9 Å². The second kappa shape index (κ2) is 8.65. The van der Waals surface area contributed by atoms with Gasteiger partial charge in [0.05, 0.1) is 15.1 Å². The van der Waals surface area contributed by atoms with E-state index < -0.39 is 5.91 Å². The number of aromatic nitrogens is 1. The highest BCUT2D eigenvalue weighted by molar-refractivity contribution is 6.52. The molecular formula is C18H15Cl4N3O2. The lowest BCUT2D eigenvalue weighted by Crippen LogP contribution is -2.32. The highest BCUT2D eigenvalue weighted by atomic mass is 35.5. The summed E-state index contributed by atoms with van der Waals surface area (Å²) in [4.78, 5) is 28.5. The van der Waals surface area contributed by atoms with Crippen LogP contribution >= 0.6 is 46.4 Å². The molecule has 9 heteroatoms. The highest BCUT2D eigenvalue weighted by Crippen LogP contribution is 2.36. The van der Waals surface area contributed by atoms with Gasteiger partial charge in [0.25, 0.3) is 11.8 Å². The zero-order chi connectivity index (χ0) is 19.6. The van der Waals surface area contributed by atoms with Gasteiger partial charge in [-0.3, -0.25) is 9.59 Å². The summed E-state index contributed by atoms with van der Waals surface area (Å²) in [5, 5.41) is 5.39. The van der Waals surface area contributed by atoms with Crippen LogP contribution in [0.4, 0.5) is 5.69 Å². The first kappa shape index (κ1) is 20.2. The van der Waals surface area contributed by atoms with Crippen molar-refractivity contribution in [3.63, 3.8) is 0 Å². The number of pyridine rings is 1. The molecule has 1 aromatic heterocycles. The van der Waals surface area contributed by atoms with Gasteiger partial charge in [-0.05, 0) is 37.1 Å². The fourth-order valence-corrected chi connectivity index (χ4v) is 3.69. The van der Waals surface area contributed by atoms with Crippen LogP contribution in [0.1, 0.15) is 46.5 Å². The number of carbonyl (C=O) groups excluding carboxylic acids is 2. The molecule has 1 aliphatic carbocycles. The predicted molar refractivity (Wildman–Crippen MR) is 108 cm³/mol. The Hall–Kier alpha value is -1.53. The quantitative estimate of drug-likeness (QED) is 0.598. The van der Waals surface area contributed by atoms with E-state index in [2.05, 4.69) is 15.6 Å². The molecule has 3 rings (SSSR count). The average Bonchev–Trinajstić information content (AvgIpc) is 3.16. The largest absolute Gasteiger partial charge is 0.349 e. The second-order valence-electron chi connectivity index (χ2n) is 6.18. The smallest absolute Gasteiger partial charge is 0.275 e. The number of carbonyl (C=O) groups is 2. The molecular weight excluding hydrogens is 432 g/mol. The number of hydrogen-bond donors (Lipinski definition) is 2. The molecule has 0 bridgehead atoms. The fourth-order valence-electron chi connectivity index (χ4n) is 2.87. The van der Waals surface area contributed by atoms with Crippen LogP contribution < -0.4 is 10.6 Å². The normalized spacial score (nSPS) is 14.2. The minimum atomic E-state index is -0.594. The summed E-state index contributed by atoms with van der Waals surface area (Å²) >= 11 is 23.7. The predicted octanol–water partition coefficient (Wildman–Crippen LogP) is 5.62. The third kappa shape index (κ3) is 4.66. The van der Waals surface area contributed by atoms with Gasteiger partial charge in [-0.1, -0.05) is 59.2 Å². The molecule has 2 amide bonds. The molecule has 1 aromatic carbocycles. The van der Waals surface area contributed by atoms with E-state index in [0.717, 1.165) is 25.7 Å². The lowest BCUT2D eigenvalue weighted by molar-refractivity contribution is 0.0937. The minimum Gasteiger partial charge on any atom is -0.349 e. The summed E-state index contributed by atoms with van der Waals surface area (Å²) < 4.78 is 0. The summed E-state index contributed by atoms with van der Waals surface area (Å²) in [7, 11) is 0. The topological polar surface area (TPSA) is 71.1 Å². The van der Waals surface area contributed by atoms with Gasteiger partial charge in [-0.15, -0.1) is 0 Å². The SMILES string of the molecule is O=C(NC1CCCC1)c1ccc(NC(=O)c2nc(Cl)c(Cl)c(Cl)c2Cl)cc1. The number of benzene rings is 1. The molecule has 142 valence electrons. The summed E-state index contributed by atoms with van der Waals surface area (Å²) in [6.07, 6.45) is 4.32. The molecule has 0 aliphatic heterocycles. The zero-order valence-electron chi connectivity index (χ0n) is 14.0. The molecule has 2 N–H and O–H groups in total. The lowest BCUT2D eigenvalue weighted by Gasteiger charge is -2.12. The van der Waals surface area contributed by atoms with E-state index in [1.165, 1.54) is 0 Å². The molecule has 0 atom stereocenters. The van der Waals surface area contributed by atoms with Crippen LogP contribution in [-0.4, -0.2) is 22.8 Å². The van der Waals surface area contributed by atoms with Gasteiger partial charge in [-0.2, -0.15) is 0 Å². The molecule has 0 spiro atoms. The van der Waals surface area contributed by atoms with Crippen LogP contribution in [0.3, 0.4) is 0 Å². The molecule has 2 aromatic rings. The molecule has 1 heterocycles. The van der Waals surface area contributed by atoms with Crippen molar-refractivity contribution in [2.45, 2.75) is 31.7 Å². The van der Waals surface area contributed by atoms with Crippen LogP contribution in [0.15, 0.2) is 24.3 Å². The molecule has 27 heavy (non-hydrogen) atoms. The minimum absolute atomic E-state index is 0.0162. The van der Waals surface area contributed by atoms with Gasteiger partial charge in [-0.25, -0.2) is 4.98 Å². The molecule has 1 saturated carbocycles. The number of amides is 2. The summed E-state index contributed by atoms with van der Waals surface area (Å²) in [6, 6.07) is 6.75. The van der Waals surface area contributed by atoms with E-state index in [1.807, 2.05) is 0 Å². The van der Waals surface area contributed by atoms with Crippen molar-refractivity contribution in [2.24, 2.45) is 0 Å². The fraction of sp³-hybridized carbons (Fsp3) is 0.278. The van der Waals surface area contributed by atoms with Gasteiger partial charge in [0.2, 0.25) is 0 Å². The number of nitrogens with one attached hydrogen (secondary N) is 2. The van der Waals surface area contributed by atoms with Crippen molar-refractivity contribution in [1.82, 2.24) is 10.3 Å². The highest BCUT2D eigenvalue weighted by Gasteiger charge is 2.21. The maximum Gasteiger partial charge on any atom is 0.275 e. The Morgan fingerprint density at radius 1 is 0.889 bits per heavy atom. The first-order valence-electron chi connectivity index (χ1n) is 8.29. The van der Waals surface area contributed by atoms with E-state index in [4.69, 9.17) is 46.4 Å². The van der Waals surface area contributed by atoms with Crippen LogP contribution in [0.2, 0.25) is 20.2 Å². The third-order valence-electron chi connectivity index (χ3n) is 4.29. The molecule has 0 radical (unpaired) electrons. The monoisotopic (exact) mass is 445 g/mol. The Morgan fingerprint density at radius 2 is 1.52 bits per heavy atom. The number of hydrogen-bond acceptors (Lipinski definition) is 3. The summed E-state index contributed by atoms with van der Waals surface area (Å²) in [5.74, 6) is -0.718. The first-order valence-corrected chi connectivity index (χ1v) is 9.80. The van der Waals surface area contributed by atoms with Crippen molar-refractivity contribution in [1.29, 1.82) is 0 Å². The summed E-state index contributed by atoms with van der Waals surface area (Å²) in [6.45, 7) is 0. The Morgan fingerprint density at radius 3 is 2.15 bits per heavy atom. The van der Waals surface area contributed by atoms with Gasteiger partial charge in [0.1, 0.15) is 10.8 Å². The lowest BCUT2D eigenvalue weighted by atomic mass is 10.1. The Balaban J connectivity index is 1.69. The van der Waals surface area contributed by atoms with Crippen LogP contribution in [0, 0.1) is 0 Å². The van der Waals surface area contributed by atoms with Gasteiger partial charge >= 0.3 is 0 Å². The molecule has 0 saturated heterocycles. The molecule has 0 unspecified atom stereocenters. The number of nitrogens with zero attached hydrogens (tertiary/aromatic N) is 1.